The van der Waals surface area contributed by atoms with E-state index in [-0.39, 0.29) is 11.3 Å². The van der Waals surface area contributed by atoms with Crippen molar-refractivity contribution in [3.05, 3.63) is 71.6 Å². The monoisotopic (exact) mass is 407 g/mol. The number of hydrogen-bond donors (Lipinski definition) is 1. The minimum Gasteiger partial charge on any atom is -0.507 e. The van der Waals surface area contributed by atoms with E-state index in [1.165, 1.54) is 0 Å². The second-order valence-corrected chi connectivity index (χ2v) is 7.42. The van der Waals surface area contributed by atoms with Crippen LogP contribution in [0.4, 0.5) is 0 Å². The lowest BCUT2D eigenvalue weighted by molar-refractivity contribution is -0.140. The number of amides is 1. The molecule has 0 radical (unpaired) electrons. The van der Waals surface area contributed by atoms with Crippen LogP contribution in [0.15, 0.2) is 60.3 Å². The van der Waals surface area contributed by atoms with E-state index in [0.29, 0.717) is 17.8 Å². The molecule has 3 heterocycles. The van der Waals surface area contributed by atoms with E-state index in [2.05, 4.69) is 9.88 Å². The highest BCUT2D eigenvalue weighted by Gasteiger charge is 2.46. The Kier molecular flexibility index (Phi) is 6.21. The highest BCUT2D eigenvalue weighted by atomic mass is 16.5. The number of aliphatic hydroxyl groups excluding tert-OH is 1. The molecule has 0 bridgehead atoms. The molecule has 30 heavy (non-hydrogen) atoms. The lowest BCUT2D eigenvalue weighted by Gasteiger charge is -2.28. The summed E-state index contributed by atoms with van der Waals surface area (Å²) in [7, 11) is 0. The van der Waals surface area contributed by atoms with Crippen molar-refractivity contribution in [3.8, 4) is 0 Å². The second kappa shape index (κ2) is 9.19. The van der Waals surface area contributed by atoms with Gasteiger partial charge in [0, 0.05) is 37.9 Å². The number of rotatable bonds is 6. The van der Waals surface area contributed by atoms with Gasteiger partial charge in [-0.1, -0.05) is 36.4 Å². The number of nitrogens with zero attached hydrogens (tertiary/aromatic N) is 3. The van der Waals surface area contributed by atoms with Crippen LogP contribution in [-0.4, -0.2) is 71.0 Å². The Hall–Kier alpha value is -3.03. The van der Waals surface area contributed by atoms with E-state index in [1.54, 1.807) is 47.5 Å². The fourth-order valence-electron chi connectivity index (χ4n) is 4.00. The average molecular weight is 407 g/mol. The van der Waals surface area contributed by atoms with Crippen molar-refractivity contribution in [2.24, 2.45) is 0 Å². The Labute approximate surface area is 175 Å². The maximum Gasteiger partial charge on any atom is 0.295 e. The third kappa shape index (κ3) is 4.13. The molecule has 1 atom stereocenters. The largest absolute Gasteiger partial charge is 0.507 e. The molecular formula is C23H25N3O4. The zero-order valence-corrected chi connectivity index (χ0v) is 16.7. The molecule has 2 fully saturated rings. The van der Waals surface area contributed by atoms with Crippen LogP contribution in [-0.2, 0) is 14.3 Å². The summed E-state index contributed by atoms with van der Waals surface area (Å²) in [6.45, 7) is 4.41. The first kappa shape index (κ1) is 20.3. The lowest BCUT2D eigenvalue weighted by atomic mass is 9.98. The zero-order valence-electron chi connectivity index (χ0n) is 16.7. The number of carbonyl (C=O) groups excluding carboxylic acids is 2. The van der Waals surface area contributed by atoms with Crippen LogP contribution < -0.4 is 0 Å². The summed E-state index contributed by atoms with van der Waals surface area (Å²) >= 11 is 0. The van der Waals surface area contributed by atoms with Crippen molar-refractivity contribution in [3.63, 3.8) is 0 Å². The fourth-order valence-corrected chi connectivity index (χ4v) is 4.00. The van der Waals surface area contributed by atoms with Crippen molar-refractivity contribution in [2.45, 2.75) is 12.5 Å². The average Bonchev–Trinajstić information content (AvgIpc) is 3.05. The Morgan fingerprint density at radius 3 is 2.47 bits per heavy atom. The van der Waals surface area contributed by atoms with Gasteiger partial charge in [0.1, 0.15) is 11.8 Å². The van der Waals surface area contributed by atoms with Gasteiger partial charge in [-0.2, -0.15) is 0 Å². The number of hydrogen-bond acceptors (Lipinski definition) is 6. The molecule has 4 rings (SSSR count). The Bertz CT molecular complexity index is 924. The van der Waals surface area contributed by atoms with Crippen molar-refractivity contribution >= 4 is 17.4 Å². The first-order valence-electron chi connectivity index (χ1n) is 10.2. The summed E-state index contributed by atoms with van der Waals surface area (Å²) in [5.74, 6) is -1.43. The molecule has 2 aromatic rings. The number of likely N-dealkylation sites (tertiary alicyclic amines) is 1. The fraction of sp³-hybridized carbons (Fsp3) is 0.348. The van der Waals surface area contributed by atoms with Crippen molar-refractivity contribution in [2.75, 3.05) is 39.4 Å². The van der Waals surface area contributed by atoms with Crippen LogP contribution >= 0.6 is 0 Å². The van der Waals surface area contributed by atoms with Gasteiger partial charge < -0.3 is 14.7 Å². The van der Waals surface area contributed by atoms with E-state index in [9.17, 15) is 14.7 Å². The maximum absolute atomic E-state index is 12.9. The lowest BCUT2D eigenvalue weighted by Crippen LogP contribution is -2.39. The Balaban J connectivity index is 1.63. The number of ether oxygens (including phenoxy) is 1. The van der Waals surface area contributed by atoms with Crippen LogP contribution in [0.3, 0.4) is 0 Å². The highest BCUT2D eigenvalue weighted by molar-refractivity contribution is 6.46. The molecule has 0 saturated carbocycles. The quantitative estimate of drug-likeness (QED) is 0.449. The number of ketones is 1. The molecule has 0 unspecified atom stereocenters. The van der Waals surface area contributed by atoms with Crippen LogP contribution in [0.25, 0.3) is 5.76 Å². The topological polar surface area (TPSA) is 83.0 Å². The van der Waals surface area contributed by atoms with Gasteiger partial charge in [0.25, 0.3) is 11.7 Å². The molecule has 7 nitrogen and oxygen atoms in total. The zero-order chi connectivity index (χ0) is 20.9. The number of carbonyl (C=O) groups is 2. The predicted octanol–water partition coefficient (Wildman–Crippen LogP) is 2.23. The van der Waals surface area contributed by atoms with Gasteiger partial charge in [-0.05, 0) is 18.6 Å². The van der Waals surface area contributed by atoms with Gasteiger partial charge in [-0.25, -0.2) is 0 Å². The van der Waals surface area contributed by atoms with E-state index in [4.69, 9.17) is 4.74 Å². The first-order valence-corrected chi connectivity index (χ1v) is 10.2. The Morgan fingerprint density at radius 1 is 1.03 bits per heavy atom. The molecule has 1 amide bonds. The molecule has 2 saturated heterocycles. The minimum atomic E-state index is -0.698. The van der Waals surface area contributed by atoms with E-state index in [0.717, 1.165) is 39.3 Å². The summed E-state index contributed by atoms with van der Waals surface area (Å²) in [6.07, 6.45) is 2.35. The van der Waals surface area contributed by atoms with Crippen molar-refractivity contribution < 1.29 is 19.4 Å². The second-order valence-electron chi connectivity index (χ2n) is 7.42. The third-order valence-electron chi connectivity index (χ3n) is 5.53. The maximum atomic E-state index is 12.9. The first-order chi connectivity index (χ1) is 14.7. The summed E-state index contributed by atoms with van der Waals surface area (Å²) in [4.78, 5) is 34.0. The number of Topliss-reactive ketones (excluding diaryl/α,β-unsaturated/α-hetero) is 1. The van der Waals surface area contributed by atoms with E-state index >= 15 is 0 Å². The van der Waals surface area contributed by atoms with Gasteiger partial charge in [-0.3, -0.25) is 19.5 Å². The summed E-state index contributed by atoms with van der Waals surface area (Å²) in [6, 6.07) is 13.5. The van der Waals surface area contributed by atoms with E-state index in [1.807, 2.05) is 12.1 Å². The highest BCUT2D eigenvalue weighted by Crippen LogP contribution is 2.38. The van der Waals surface area contributed by atoms with Gasteiger partial charge in [-0.15, -0.1) is 0 Å². The molecule has 2 aliphatic rings. The minimum absolute atomic E-state index is 0.0938. The molecule has 0 aliphatic carbocycles. The van der Waals surface area contributed by atoms with Crippen LogP contribution in [0.5, 0.6) is 0 Å². The molecule has 2 aliphatic heterocycles. The van der Waals surface area contributed by atoms with Gasteiger partial charge in [0.2, 0.25) is 0 Å². The molecule has 0 spiro atoms. The number of benzene rings is 1. The summed E-state index contributed by atoms with van der Waals surface area (Å²) < 4.78 is 5.37. The third-order valence-corrected chi connectivity index (χ3v) is 5.53. The smallest absolute Gasteiger partial charge is 0.295 e. The van der Waals surface area contributed by atoms with Crippen LogP contribution in [0.1, 0.15) is 23.7 Å². The standard InChI is InChI=1S/C23H25N3O4/c27-21(17-7-2-1-3-8-17)19-20(18-9-4-5-10-24-18)26(23(29)22(19)28)12-6-11-25-13-15-30-16-14-25/h1-5,7-10,20,27H,6,11-16H2/b21-19+/t20-/m0/s1. The molecule has 7 heteroatoms. The number of morpholine rings is 1. The molecule has 1 aromatic heterocycles. The molecular weight excluding hydrogens is 382 g/mol. The summed E-state index contributed by atoms with van der Waals surface area (Å²) in [5.41, 5.74) is 1.17. The van der Waals surface area contributed by atoms with Crippen LogP contribution in [0.2, 0.25) is 0 Å². The Morgan fingerprint density at radius 2 is 1.77 bits per heavy atom. The number of aromatic nitrogens is 1. The normalized spacial score (nSPS) is 21.9. The van der Waals surface area contributed by atoms with Crippen LogP contribution in [0, 0.1) is 0 Å². The number of aliphatic hydroxyl groups is 1. The molecule has 1 N–H and O–H groups in total. The summed E-state index contributed by atoms with van der Waals surface area (Å²) in [5, 5.41) is 10.9. The van der Waals surface area contributed by atoms with Gasteiger partial charge in [0.05, 0.1) is 24.5 Å². The SMILES string of the molecule is O=C1C(=O)N(CCCN2CCOCC2)[C@@H](c2ccccn2)/C1=C(\O)c1ccccc1. The van der Waals surface area contributed by atoms with Crippen molar-refractivity contribution in [1.29, 1.82) is 0 Å². The molecule has 1 aromatic carbocycles. The number of pyridine rings is 1. The van der Waals surface area contributed by atoms with E-state index < -0.39 is 17.7 Å². The van der Waals surface area contributed by atoms with Gasteiger partial charge in [0.15, 0.2) is 0 Å². The van der Waals surface area contributed by atoms with Gasteiger partial charge >= 0.3 is 0 Å². The molecule has 156 valence electrons. The predicted molar refractivity (Wildman–Crippen MR) is 112 cm³/mol. The van der Waals surface area contributed by atoms with Crippen molar-refractivity contribution in [1.82, 2.24) is 14.8 Å².